The molecular weight excluding hydrogens is 487 g/mol. The number of benzene rings is 2. The fourth-order valence-corrected chi connectivity index (χ4v) is 6.01. The maximum atomic E-state index is 13.6. The predicted octanol–water partition coefficient (Wildman–Crippen LogP) is 5.50. The summed E-state index contributed by atoms with van der Waals surface area (Å²) in [5.41, 5.74) is 2.31. The Balaban J connectivity index is 1.40. The summed E-state index contributed by atoms with van der Waals surface area (Å²) in [5, 5.41) is 8.49. The number of carbonyl (C=O) groups is 2. The Morgan fingerprint density at radius 3 is 2.54 bits per heavy atom. The van der Waals surface area contributed by atoms with Gasteiger partial charge in [-0.25, -0.2) is 9.07 Å². The highest BCUT2D eigenvalue weighted by atomic mass is 35.5. The van der Waals surface area contributed by atoms with E-state index >= 15 is 0 Å². The zero-order valence-corrected chi connectivity index (χ0v) is 20.4. The molecule has 3 atom stereocenters. The number of anilines is 1. The average Bonchev–Trinajstić information content (AvgIpc) is 3.42. The number of rotatable bonds is 5. The van der Waals surface area contributed by atoms with Gasteiger partial charge in [0.15, 0.2) is 0 Å². The van der Waals surface area contributed by atoms with Crippen LogP contribution in [-0.4, -0.2) is 27.6 Å². The number of halogens is 2. The Morgan fingerprint density at radius 2 is 1.86 bits per heavy atom. The first kappa shape index (κ1) is 22.2. The van der Waals surface area contributed by atoms with Crippen molar-refractivity contribution in [3.63, 3.8) is 0 Å². The monoisotopic (exact) mass is 508 g/mol. The number of nitrogens with one attached hydrogen (secondary N) is 1. The maximum Gasteiger partial charge on any atom is 0.232 e. The summed E-state index contributed by atoms with van der Waals surface area (Å²) in [6.07, 6.45) is 3.53. The van der Waals surface area contributed by atoms with Crippen LogP contribution in [0.2, 0.25) is 4.34 Å². The molecule has 9 heteroatoms. The van der Waals surface area contributed by atoms with Crippen molar-refractivity contribution < 1.29 is 14.0 Å². The number of aromatic nitrogens is 2. The Labute approximate surface area is 210 Å². The standard InChI is InChI=1S/C26H22ClFN4O2S/c1-14-23(30-25(33)15-2-3-15)24(21-10-11-22(27)35-21)31(26(14)34)19-8-9-20-16(12-19)13-29-32(20)18-6-4-17(28)5-7-18/h4-15,23-24H,2-3H2,1H3,(H,30,33). The first-order valence-electron chi connectivity index (χ1n) is 11.5. The van der Waals surface area contributed by atoms with Crippen LogP contribution in [0.15, 0.2) is 60.8 Å². The van der Waals surface area contributed by atoms with E-state index < -0.39 is 0 Å². The highest BCUT2D eigenvalue weighted by Crippen LogP contribution is 2.44. The van der Waals surface area contributed by atoms with E-state index in [-0.39, 0.29) is 41.6 Å². The van der Waals surface area contributed by atoms with Gasteiger partial charge in [-0.1, -0.05) is 18.5 Å². The molecule has 2 aromatic heterocycles. The number of fused-ring (bicyclic) bond motifs is 1. The van der Waals surface area contributed by atoms with E-state index in [1.807, 2.05) is 37.3 Å². The third kappa shape index (κ3) is 3.90. The molecule has 3 unspecified atom stereocenters. The molecule has 1 saturated carbocycles. The molecule has 1 N–H and O–H groups in total. The quantitative estimate of drug-likeness (QED) is 0.387. The van der Waals surface area contributed by atoms with Gasteiger partial charge in [0.2, 0.25) is 11.8 Å². The lowest BCUT2D eigenvalue weighted by atomic mass is 9.98. The minimum absolute atomic E-state index is 0.0141. The normalized spacial score (nSPS) is 22.2. The van der Waals surface area contributed by atoms with Crippen molar-refractivity contribution in [2.45, 2.75) is 31.8 Å². The summed E-state index contributed by atoms with van der Waals surface area (Å²) >= 11 is 7.68. The lowest BCUT2D eigenvalue weighted by molar-refractivity contribution is -0.123. The van der Waals surface area contributed by atoms with E-state index in [0.29, 0.717) is 4.34 Å². The summed E-state index contributed by atoms with van der Waals surface area (Å²) in [7, 11) is 0. The molecule has 6 nitrogen and oxygen atoms in total. The highest BCUT2D eigenvalue weighted by molar-refractivity contribution is 7.16. The fraction of sp³-hybridized carbons (Fsp3) is 0.269. The van der Waals surface area contributed by atoms with Crippen LogP contribution in [0.25, 0.3) is 16.6 Å². The van der Waals surface area contributed by atoms with E-state index in [0.717, 1.165) is 40.0 Å². The number of nitrogens with zero attached hydrogens (tertiary/aromatic N) is 3. The SMILES string of the molecule is CC1C(=O)N(c2ccc3c(cnn3-c3ccc(F)cc3)c2)C(c2ccc(Cl)s2)C1NC(=O)C1CC1. The summed E-state index contributed by atoms with van der Waals surface area (Å²) in [5.74, 6) is -0.683. The van der Waals surface area contributed by atoms with Crippen LogP contribution >= 0.6 is 22.9 Å². The third-order valence-corrected chi connectivity index (χ3v) is 8.13. The van der Waals surface area contributed by atoms with Crippen molar-refractivity contribution >= 4 is 51.3 Å². The van der Waals surface area contributed by atoms with Crippen molar-refractivity contribution in [3.05, 3.63) is 75.8 Å². The van der Waals surface area contributed by atoms with Gasteiger partial charge in [0.05, 0.1) is 39.7 Å². The van der Waals surface area contributed by atoms with Crippen LogP contribution in [0.1, 0.15) is 30.7 Å². The zero-order valence-electron chi connectivity index (χ0n) is 18.8. The number of hydrogen-bond donors (Lipinski definition) is 1. The lowest BCUT2D eigenvalue weighted by Gasteiger charge is -2.28. The second kappa shape index (κ2) is 8.46. The van der Waals surface area contributed by atoms with Gasteiger partial charge in [0.25, 0.3) is 0 Å². The van der Waals surface area contributed by atoms with Gasteiger partial charge < -0.3 is 10.2 Å². The molecule has 4 aromatic rings. The molecule has 0 radical (unpaired) electrons. The smallest absolute Gasteiger partial charge is 0.232 e. The molecule has 1 aliphatic heterocycles. The number of hydrogen-bond acceptors (Lipinski definition) is 4. The van der Waals surface area contributed by atoms with Crippen molar-refractivity contribution in [3.8, 4) is 5.69 Å². The second-order valence-corrected chi connectivity index (χ2v) is 10.9. The molecule has 2 aliphatic rings. The Bertz CT molecular complexity index is 1450. The minimum Gasteiger partial charge on any atom is -0.350 e. The molecule has 2 fully saturated rings. The topological polar surface area (TPSA) is 67.2 Å². The van der Waals surface area contributed by atoms with Crippen LogP contribution in [0.3, 0.4) is 0 Å². The molecule has 2 amide bonds. The van der Waals surface area contributed by atoms with E-state index in [4.69, 9.17) is 11.6 Å². The Hall–Kier alpha value is -3.23. The Morgan fingerprint density at radius 1 is 1.11 bits per heavy atom. The lowest BCUT2D eigenvalue weighted by Crippen LogP contribution is -2.42. The fourth-order valence-electron chi connectivity index (χ4n) is 4.81. The summed E-state index contributed by atoms with van der Waals surface area (Å²) in [6, 6.07) is 14.9. The molecular formula is C26H22ClFN4O2S. The first-order valence-corrected chi connectivity index (χ1v) is 12.7. The third-order valence-electron chi connectivity index (χ3n) is 6.83. The zero-order chi connectivity index (χ0) is 24.3. The largest absolute Gasteiger partial charge is 0.350 e. The number of thiophene rings is 1. The van der Waals surface area contributed by atoms with Crippen molar-refractivity contribution in [1.29, 1.82) is 0 Å². The van der Waals surface area contributed by atoms with Gasteiger partial charge in [-0.2, -0.15) is 5.10 Å². The van der Waals surface area contributed by atoms with Gasteiger partial charge in [-0.3, -0.25) is 9.59 Å². The van der Waals surface area contributed by atoms with E-state index in [9.17, 15) is 14.0 Å². The van der Waals surface area contributed by atoms with Gasteiger partial charge in [-0.15, -0.1) is 11.3 Å². The molecule has 1 saturated heterocycles. The number of carbonyl (C=O) groups excluding carboxylic acids is 2. The van der Waals surface area contributed by atoms with Crippen molar-refractivity contribution in [2.24, 2.45) is 11.8 Å². The predicted molar refractivity (Wildman–Crippen MR) is 134 cm³/mol. The summed E-state index contributed by atoms with van der Waals surface area (Å²) in [6.45, 7) is 1.87. The van der Waals surface area contributed by atoms with E-state index in [1.54, 1.807) is 27.9 Å². The van der Waals surface area contributed by atoms with Crippen LogP contribution in [0.4, 0.5) is 10.1 Å². The first-order chi connectivity index (χ1) is 16.9. The van der Waals surface area contributed by atoms with Gasteiger partial charge >= 0.3 is 0 Å². The van der Waals surface area contributed by atoms with E-state index in [1.165, 1.54) is 23.5 Å². The molecule has 6 rings (SSSR count). The highest BCUT2D eigenvalue weighted by Gasteiger charge is 2.49. The van der Waals surface area contributed by atoms with Crippen LogP contribution in [0.5, 0.6) is 0 Å². The molecule has 1 aliphatic carbocycles. The molecule has 178 valence electrons. The second-order valence-electron chi connectivity index (χ2n) is 9.17. The molecule has 0 spiro atoms. The van der Waals surface area contributed by atoms with Crippen molar-refractivity contribution in [1.82, 2.24) is 15.1 Å². The van der Waals surface area contributed by atoms with Crippen molar-refractivity contribution in [2.75, 3.05) is 4.90 Å². The van der Waals surface area contributed by atoms with Crippen LogP contribution in [-0.2, 0) is 9.59 Å². The molecule has 0 bridgehead atoms. The average molecular weight is 509 g/mol. The van der Waals surface area contributed by atoms with Gasteiger partial charge in [-0.05, 0) is 67.4 Å². The minimum atomic E-state index is -0.388. The summed E-state index contributed by atoms with van der Waals surface area (Å²) in [4.78, 5) is 28.9. The maximum absolute atomic E-state index is 13.6. The van der Waals surface area contributed by atoms with Crippen LogP contribution in [0, 0.1) is 17.7 Å². The molecule has 3 heterocycles. The van der Waals surface area contributed by atoms with Gasteiger partial charge in [0, 0.05) is 21.9 Å². The molecule has 2 aromatic carbocycles. The van der Waals surface area contributed by atoms with Crippen LogP contribution < -0.4 is 10.2 Å². The Kier molecular flexibility index (Phi) is 5.38. The number of amides is 2. The van der Waals surface area contributed by atoms with E-state index in [2.05, 4.69) is 10.4 Å². The molecule has 35 heavy (non-hydrogen) atoms. The van der Waals surface area contributed by atoms with Gasteiger partial charge in [0.1, 0.15) is 5.82 Å². The summed E-state index contributed by atoms with van der Waals surface area (Å²) < 4.78 is 15.7.